The van der Waals surface area contributed by atoms with Crippen molar-refractivity contribution in [3.8, 4) is 11.5 Å². The highest BCUT2D eigenvalue weighted by molar-refractivity contribution is 5.94. The number of anilines is 1. The van der Waals surface area contributed by atoms with E-state index in [4.69, 9.17) is 9.47 Å². The first-order valence-corrected chi connectivity index (χ1v) is 9.78. The number of hydrogen-bond acceptors (Lipinski definition) is 3. The zero-order valence-electron chi connectivity index (χ0n) is 16.9. The highest BCUT2D eigenvalue weighted by Crippen LogP contribution is 2.24. The molecule has 1 atom stereocenters. The highest BCUT2D eigenvalue weighted by Gasteiger charge is 2.17. The average Bonchev–Trinajstić information content (AvgIpc) is 2.65. The van der Waals surface area contributed by atoms with E-state index in [0.717, 1.165) is 29.0 Å². The van der Waals surface area contributed by atoms with Gasteiger partial charge in [0.2, 0.25) is 0 Å². The largest absolute Gasteiger partial charge is 0.494 e. The maximum absolute atomic E-state index is 12.5. The third-order valence-corrected chi connectivity index (χ3v) is 4.44. The van der Waals surface area contributed by atoms with Crippen LogP contribution >= 0.6 is 0 Å². The molecule has 0 radical (unpaired) electrons. The summed E-state index contributed by atoms with van der Waals surface area (Å²) in [6.07, 6.45) is 4.08. The lowest BCUT2D eigenvalue weighted by Gasteiger charge is -2.18. The van der Waals surface area contributed by atoms with Crippen molar-refractivity contribution < 1.29 is 14.3 Å². The first kappa shape index (κ1) is 20.8. The number of benzene rings is 2. The molecule has 1 N–H and O–H groups in total. The Morgan fingerprint density at radius 1 is 1.04 bits per heavy atom. The van der Waals surface area contributed by atoms with Crippen LogP contribution in [0.1, 0.15) is 50.7 Å². The lowest BCUT2D eigenvalue weighted by Crippen LogP contribution is -2.30. The predicted molar refractivity (Wildman–Crippen MR) is 111 cm³/mol. The molecule has 2 rings (SSSR count). The standard InChI is InChI=1S/C23H31NO3/c1-5-6-7-8-15-26-21-14-10-13-20(16-21)24-23(25)19(4)27-22-17(2)11-9-12-18(22)3/h9-14,16,19H,5-8,15H2,1-4H3,(H,24,25). The van der Waals surface area contributed by atoms with Gasteiger partial charge < -0.3 is 14.8 Å². The number of para-hydroxylation sites is 1. The molecule has 0 saturated carbocycles. The fraction of sp³-hybridized carbons (Fsp3) is 0.435. The van der Waals surface area contributed by atoms with Crippen LogP contribution in [0.2, 0.25) is 0 Å². The van der Waals surface area contributed by atoms with Gasteiger partial charge in [0.15, 0.2) is 6.10 Å². The van der Waals surface area contributed by atoms with Gasteiger partial charge in [-0.3, -0.25) is 4.79 Å². The molecule has 0 aliphatic carbocycles. The van der Waals surface area contributed by atoms with Crippen molar-refractivity contribution in [1.82, 2.24) is 0 Å². The normalized spacial score (nSPS) is 11.7. The maximum atomic E-state index is 12.5. The van der Waals surface area contributed by atoms with Gasteiger partial charge in [0.1, 0.15) is 11.5 Å². The van der Waals surface area contributed by atoms with E-state index in [1.54, 1.807) is 6.92 Å². The number of carbonyl (C=O) groups is 1. The van der Waals surface area contributed by atoms with Gasteiger partial charge in [-0.1, -0.05) is 50.5 Å². The third kappa shape index (κ3) is 6.63. The second kappa shape index (κ2) is 10.6. The molecule has 4 nitrogen and oxygen atoms in total. The van der Waals surface area contributed by atoms with E-state index < -0.39 is 6.10 Å². The summed E-state index contributed by atoms with van der Waals surface area (Å²) in [7, 11) is 0. The molecule has 0 bridgehead atoms. The van der Waals surface area contributed by atoms with E-state index in [0.29, 0.717) is 12.3 Å². The lowest BCUT2D eigenvalue weighted by molar-refractivity contribution is -0.122. The Kier molecular flexibility index (Phi) is 8.18. The average molecular weight is 370 g/mol. The van der Waals surface area contributed by atoms with Crippen LogP contribution in [0.15, 0.2) is 42.5 Å². The van der Waals surface area contributed by atoms with Crippen molar-refractivity contribution in [1.29, 1.82) is 0 Å². The Balaban J connectivity index is 1.90. The van der Waals surface area contributed by atoms with E-state index >= 15 is 0 Å². The Morgan fingerprint density at radius 3 is 2.44 bits per heavy atom. The predicted octanol–water partition coefficient (Wildman–Crippen LogP) is 5.67. The molecule has 1 amide bonds. The molecule has 0 aliphatic heterocycles. The van der Waals surface area contributed by atoms with Gasteiger partial charge in [-0.15, -0.1) is 0 Å². The van der Waals surface area contributed by atoms with Gasteiger partial charge in [-0.05, 0) is 50.5 Å². The molecule has 2 aromatic rings. The molecule has 4 heteroatoms. The van der Waals surface area contributed by atoms with Crippen LogP contribution in [0, 0.1) is 13.8 Å². The van der Waals surface area contributed by atoms with E-state index in [9.17, 15) is 4.79 Å². The Morgan fingerprint density at radius 2 is 1.74 bits per heavy atom. The summed E-state index contributed by atoms with van der Waals surface area (Å²) in [5, 5.41) is 2.91. The SMILES string of the molecule is CCCCCCOc1cccc(NC(=O)C(C)Oc2c(C)cccc2C)c1. The van der Waals surface area contributed by atoms with E-state index in [1.807, 2.05) is 56.3 Å². The molecule has 146 valence electrons. The highest BCUT2D eigenvalue weighted by atomic mass is 16.5. The quantitative estimate of drug-likeness (QED) is 0.549. The van der Waals surface area contributed by atoms with Crippen LogP contribution in [0.5, 0.6) is 11.5 Å². The number of carbonyl (C=O) groups excluding carboxylic acids is 1. The van der Waals surface area contributed by atoms with Crippen molar-refractivity contribution in [2.45, 2.75) is 59.5 Å². The van der Waals surface area contributed by atoms with Crippen LogP contribution in [-0.4, -0.2) is 18.6 Å². The lowest BCUT2D eigenvalue weighted by atomic mass is 10.1. The van der Waals surface area contributed by atoms with Crippen LogP contribution in [0.25, 0.3) is 0 Å². The molecular weight excluding hydrogens is 338 g/mol. The Labute approximate surface area is 162 Å². The number of hydrogen-bond donors (Lipinski definition) is 1. The second-order valence-electron chi connectivity index (χ2n) is 6.91. The summed E-state index contributed by atoms with van der Waals surface area (Å²) < 4.78 is 11.7. The fourth-order valence-electron chi connectivity index (χ4n) is 2.84. The number of unbranched alkanes of at least 4 members (excludes halogenated alkanes) is 3. The van der Waals surface area contributed by atoms with Crippen molar-refractivity contribution in [3.05, 3.63) is 53.6 Å². The Hall–Kier alpha value is -2.49. The minimum Gasteiger partial charge on any atom is -0.494 e. The van der Waals surface area contributed by atoms with Crippen molar-refractivity contribution in [2.75, 3.05) is 11.9 Å². The topological polar surface area (TPSA) is 47.6 Å². The number of aryl methyl sites for hydroxylation is 2. The number of rotatable bonds is 10. The zero-order valence-corrected chi connectivity index (χ0v) is 16.9. The number of nitrogens with one attached hydrogen (secondary N) is 1. The van der Waals surface area contributed by atoms with Crippen molar-refractivity contribution >= 4 is 11.6 Å². The van der Waals surface area contributed by atoms with E-state index in [-0.39, 0.29) is 5.91 Å². The summed E-state index contributed by atoms with van der Waals surface area (Å²) >= 11 is 0. The second-order valence-corrected chi connectivity index (χ2v) is 6.91. The molecule has 0 aromatic heterocycles. The van der Waals surface area contributed by atoms with Crippen LogP contribution in [0.3, 0.4) is 0 Å². The molecule has 27 heavy (non-hydrogen) atoms. The number of ether oxygens (including phenoxy) is 2. The third-order valence-electron chi connectivity index (χ3n) is 4.44. The van der Waals surface area contributed by atoms with Crippen molar-refractivity contribution in [3.63, 3.8) is 0 Å². The van der Waals surface area contributed by atoms with Crippen LogP contribution in [0.4, 0.5) is 5.69 Å². The molecule has 0 aliphatic rings. The van der Waals surface area contributed by atoms with Gasteiger partial charge in [0.25, 0.3) is 5.91 Å². The molecular formula is C23H31NO3. The molecule has 2 aromatic carbocycles. The van der Waals surface area contributed by atoms with E-state index in [2.05, 4.69) is 12.2 Å². The minimum absolute atomic E-state index is 0.183. The summed E-state index contributed by atoms with van der Waals surface area (Å²) in [4.78, 5) is 12.5. The summed E-state index contributed by atoms with van der Waals surface area (Å²) in [6.45, 7) is 8.61. The Bertz CT molecular complexity index is 722. The van der Waals surface area contributed by atoms with Gasteiger partial charge in [0.05, 0.1) is 6.61 Å². The summed E-state index contributed by atoms with van der Waals surface area (Å²) in [5.74, 6) is 1.36. The summed E-state index contributed by atoms with van der Waals surface area (Å²) in [6, 6.07) is 13.4. The van der Waals surface area contributed by atoms with Crippen LogP contribution < -0.4 is 14.8 Å². The molecule has 1 unspecified atom stereocenters. The van der Waals surface area contributed by atoms with Gasteiger partial charge in [-0.2, -0.15) is 0 Å². The summed E-state index contributed by atoms with van der Waals surface area (Å²) in [5.41, 5.74) is 2.75. The maximum Gasteiger partial charge on any atom is 0.265 e. The van der Waals surface area contributed by atoms with Crippen molar-refractivity contribution in [2.24, 2.45) is 0 Å². The molecule has 0 heterocycles. The van der Waals surface area contributed by atoms with Gasteiger partial charge >= 0.3 is 0 Å². The zero-order chi connectivity index (χ0) is 19.6. The first-order chi connectivity index (χ1) is 13.0. The fourth-order valence-corrected chi connectivity index (χ4v) is 2.84. The number of amides is 1. The molecule has 0 fully saturated rings. The molecule has 0 spiro atoms. The smallest absolute Gasteiger partial charge is 0.265 e. The first-order valence-electron chi connectivity index (χ1n) is 9.78. The van der Waals surface area contributed by atoms with E-state index in [1.165, 1.54) is 19.3 Å². The minimum atomic E-state index is -0.594. The van der Waals surface area contributed by atoms with Gasteiger partial charge in [-0.25, -0.2) is 0 Å². The van der Waals surface area contributed by atoms with Gasteiger partial charge in [0, 0.05) is 11.8 Å². The van der Waals surface area contributed by atoms with Crippen LogP contribution in [-0.2, 0) is 4.79 Å². The molecule has 0 saturated heterocycles. The monoisotopic (exact) mass is 369 g/mol.